The summed E-state index contributed by atoms with van der Waals surface area (Å²) in [6.45, 7) is 3.61. The van der Waals surface area contributed by atoms with Crippen molar-refractivity contribution in [3.05, 3.63) is 34.9 Å². The molecule has 0 aromatic heterocycles. The highest BCUT2D eigenvalue weighted by atomic mass is 35.5. The number of nitrogens with one attached hydrogen (secondary N) is 1. The average Bonchev–Trinajstić information content (AvgIpc) is 2.79. The molecule has 1 fully saturated rings. The van der Waals surface area contributed by atoms with E-state index < -0.39 is 5.00 Å². The zero-order valence-electron chi connectivity index (χ0n) is 10.7. The molecule has 0 spiro atoms. The van der Waals surface area contributed by atoms with Gasteiger partial charge in [-0.2, -0.15) is 0 Å². The molecule has 96 valence electrons. The van der Waals surface area contributed by atoms with Crippen LogP contribution in [0.25, 0.3) is 0 Å². The Morgan fingerprint density at radius 1 is 1.56 bits per heavy atom. The summed E-state index contributed by atoms with van der Waals surface area (Å²) in [5.74, 6) is 0.214. The van der Waals surface area contributed by atoms with E-state index in [1.807, 2.05) is 12.1 Å². The van der Waals surface area contributed by atoms with Gasteiger partial charge in [-0.15, -0.1) is 0 Å². The van der Waals surface area contributed by atoms with Gasteiger partial charge >= 0.3 is 0 Å². The number of hydrogen-bond donors (Lipinski definition) is 1. The molecular weight excluding hydrogens is 248 g/mol. The summed E-state index contributed by atoms with van der Waals surface area (Å²) in [5.41, 5.74) is 3.18. The molecule has 2 heterocycles. The van der Waals surface area contributed by atoms with E-state index in [9.17, 15) is 4.79 Å². The quantitative estimate of drug-likeness (QED) is 0.621. The van der Waals surface area contributed by atoms with E-state index in [2.05, 4.69) is 18.3 Å². The lowest BCUT2D eigenvalue weighted by Crippen LogP contribution is -2.53. The van der Waals surface area contributed by atoms with E-state index in [1.54, 1.807) is 11.9 Å². The molecule has 1 amide bonds. The number of hydrogen-bond acceptors (Lipinski definition) is 2. The molecule has 2 atom stereocenters. The molecular formula is C14H17ClN2O. The van der Waals surface area contributed by atoms with Gasteiger partial charge in [0.15, 0.2) is 0 Å². The summed E-state index contributed by atoms with van der Waals surface area (Å²) in [6.07, 6.45) is 0.979. The van der Waals surface area contributed by atoms with Crippen molar-refractivity contribution in [1.29, 1.82) is 0 Å². The van der Waals surface area contributed by atoms with Crippen molar-refractivity contribution in [3.63, 3.8) is 0 Å². The number of likely N-dealkylation sites (N-methyl/N-ethyl adjacent to an activating group) is 1. The second-order valence-corrected chi connectivity index (χ2v) is 5.80. The molecule has 0 bridgehead atoms. The number of amides is 1. The number of carbonyl (C=O) groups excluding carboxylic acids is 1. The Labute approximate surface area is 112 Å². The second-order valence-electron chi connectivity index (χ2n) is 5.14. The van der Waals surface area contributed by atoms with Crippen molar-refractivity contribution in [1.82, 2.24) is 10.2 Å². The predicted molar refractivity (Wildman–Crippen MR) is 72.1 cm³/mol. The topological polar surface area (TPSA) is 32.3 Å². The van der Waals surface area contributed by atoms with Crippen molar-refractivity contribution in [3.8, 4) is 0 Å². The minimum atomic E-state index is -0.601. The molecule has 0 saturated carbocycles. The number of nitrogens with zero attached hydrogens (tertiary/aromatic N) is 1. The summed E-state index contributed by atoms with van der Waals surface area (Å²) in [4.78, 5) is 13.5. The Morgan fingerprint density at radius 2 is 2.33 bits per heavy atom. The molecule has 1 aromatic carbocycles. The number of rotatable bonds is 1. The van der Waals surface area contributed by atoms with Crippen LogP contribution in [0.2, 0.25) is 0 Å². The maximum absolute atomic E-state index is 12.4. The van der Waals surface area contributed by atoms with Gasteiger partial charge in [-0.25, -0.2) is 0 Å². The van der Waals surface area contributed by atoms with Crippen molar-refractivity contribution >= 4 is 17.5 Å². The third-order valence-electron chi connectivity index (χ3n) is 4.25. The fraction of sp³-hybridized carbons (Fsp3) is 0.500. The zero-order chi connectivity index (χ0) is 12.9. The van der Waals surface area contributed by atoms with Crippen molar-refractivity contribution in [2.45, 2.75) is 24.3 Å². The van der Waals surface area contributed by atoms with Crippen molar-refractivity contribution < 1.29 is 4.79 Å². The highest BCUT2D eigenvalue weighted by molar-refractivity contribution is 6.27. The SMILES string of the molecule is CCc1ccc2c(c1)C1CNCC1(Cl)N(C)C2=O. The van der Waals surface area contributed by atoms with E-state index in [0.29, 0.717) is 6.54 Å². The standard InChI is InChI=1S/C14H17ClN2O/c1-3-9-4-5-10-11(6-9)12-7-16-8-14(12,15)17(2)13(10)18/h4-6,12,16H,3,7-8H2,1-2H3. The first-order chi connectivity index (χ1) is 8.58. The van der Waals surface area contributed by atoms with Gasteiger partial charge in [0, 0.05) is 31.6 Å². The van der Waals surface area contributed by atoms with Crippen LogP contribution >= 0.6 is 11.6 Å². The van der Waals surface area contributed by atoms with Crippen molar-refractivity contribution in [2.24, 2.45) is 0 Å². The van der Waals surface area contributed by atoms with Crippen LogP contribution in [0, 0.1) is 0 Å². The Balaban J connectivity index is 2.19. The van der Waals surface area contributed by atoms with Crippen LogP contribution in [0.5, 0.6) is 0 Å². The molecule has 2 aliphatic heterocycles. The Bertz CT molecular complexity index is 517. The highest BCUT2D eigenvalue weighted by Gasteiger charge is 2.51. The van der Waals surface area contributed by atoms with E-state index in [0.717, 1.165) is 24.1 Å². The number of alkyl halides is 1. The van der Waals surface area contributed by atoms with Gasteiger partial charge in [0.25, 0.3) is 5.91 Å². The van der Waals surface area contributed by atoms with Gasteiger partial charge in [0.1, 0.15) is 5.00 Å². The lowest BCUT2D eigenvalue weighted by molar-refractivity contribution is 0.0659. The average molecular weight is 265 g/mol. The van der Waals surface area contributed by atoms with Gasteiger partial charge in [-0.1, -0.05) is 30.7 Å². The van der Waals surface area contributed by atoms with Crippen LogP contribution in [0.4, 0.5) is 0 Å². The molecule has 3 nitrogen and oxygen atoms in total. The molecule has 18 heavy (non-hydrogen) atoms. The molecule has 1 aromatic rings. The summed E-state index contributed by atoms with van der Waals surface area (Å²) in [7, 11) is 1.80. The van der Waals surface area contributed by atoms with Crippen LogP contribution in [-0.2, 0) is 6.42 Å². The zero-order valence-corrected chi connectivity index (χ0v) is 11.4. The molecule has 0 radical (unpaired) electrons. The monoisotopic (exact) mass is 264 g/mol. The maximum Gasteiger partial charge on any atom is 0.255 e. The number of halogens is 1. The van der Waals surface area contributed by atoms with Gasteiger partial charge < -0.3 is 10.2 Å². The van der Waals surface area contributed by atoms with E-state index in [-0.39, 0.29) is 11.8 Å². The van der Waals surface area contributed by atoms with Crippen molar-refractivity contribution in [2.75, 3.05) is 20.1 Å². The Hall–Kier alpha value is -1.06. The molecule has 2 aliphatic rings. The number of benzene rings is 1. The molecule has 0 aliphatic carbocycles. The third kappa shape index (κ3) is 1.44. The first kappa shape index (κ1) is 12.0. The van der Waals surface area contributed by atoms with Gasteiger partial charge in [0.05, 0.1) is 0 Å². The van der Waals surface area contributed by atoms with E-state index in [4.69, 9.17) is 11.6 Å². The first-order valence-electron chi connectivity index (χ1n) is 6.38. The van der Waals surface area contributed by atoms with Gasteiger partial charge in [-0.3, -0.25) is 4.79 Å². The molecule has 1 N–H and O–H groups in total. The lowest BCUT2D eigenvalue weighted by atomic mass is 9.83. The highest BCUT2D eigenvalue weighted by Crippen LogP contribution is 2.45. The summed E-state index contributed by atoms with van der Waals surface area (Å²) in [5, 5.41) is 3.31. The largest absolute Gasteiger partial charge is 0.321 e. The van der Waals surface area contributed by atoms with E-state index in [1.165, 1.54) is 5.56 Å². The van der Waals surface area contributed by atoms with Crippen LogP contribution in [0.3, 0.4) is 0 Å². The number of aryl methyl sites for hydroxylation is 1. The maximum atomic E-state index is 12.4. The van der Waals surface area contributed by atoms with Crippen LogP contribution < -0.4 is 5.32 Å². The predicted octanol–water partition coefficient (Wildman–Crippen LogP) is 1.96. The van der Waals surface area contributed by atoms with Crippen LogP contribution in [0.15, 0.2) is 18.2 Å². The molecule has 4 heteroatoms. The number of carbonyl (C=O) groups is 1. The Morgan fingerprint density at radius 3 is 3.06 bits per heavy atom. The molecule has 3 rings (SSSR count). The minimum Gasteiger partial charge on any atom is -0.321 e. The molecule has 1 saturated heterocycles. The van der Waals surface area contributed by atoms with E-state index >= 15 is 0 Å². The Kier molecular flexibility index (Phi) is 2.65. The third-order valence-corrected chi connectivity index (χ3v) is 4.90. The van der Waals surface area contributed by atoms with Crippen LogP contribution in [-0.4, -0.2) is 35.9 Å². The number of fused-ring (bicyclic) bond motifs is 3. The van der Waals surface area contributed by atoms with Crippen LogP contribution in [0.1, 0.15) is 34.3 Å². The second kappa shape index (κ2) is 3.97. The normalized spacial score (nSPS) is 30.3. The van der Waals surface area contributed by atoms with Gasteiger partial charge in [-0.05, 0) is 23.6 Å². The fourth-order valence-corrected chi connectivity index (χ4v) is 3.40. The summed E-state index contributed by atoms with van der Waals surface area (Å²) in [6, 6.07) is 6.13. The molecule has 2 unspecified atom stereocenters. The minimum absolute atomic E-state index is 0.0302. The first-order valence-corrected chi connectivity index (χ1v) is 6.76. The van der Waals surface area contributed by atoms with Gasteiger partial charge in [0.2, 0.25) is 0 Å². The lowest BCUT2D eigenvalue weighted by Gasteiger charge is -2.42. The summed E-state index contributed by atoms with van der Waals surface area (Å²) >= 11 is 6.68. The summed E-state index contributed by atoms with van der Waals surface area (Å²) < 4.78 is 0. The fourth-order valence-electron chi connectivity index (χ4n) is 3.04. The smallest absolute Gasteiger partial charge is 0.255 e.